The predicted octanol–water partition coefficient (Wildman–Crippen LogP) is 4.23. The number of aryl methyl sites for hydroxylation is 1. The fourth-order valence-corrected chi connectivity index (χ4v) is 2.62. The SMILES string of the molecule is Cc1ccc(NC(=O)c2cncc(C(=O)NCc3ccccc3)c2)cc1Cl. The second-order valence-corrected chi connectivity index (χ2v) is 6.46. The molecule has 0 saturated heterocycles. The van der Waals surface area contributed by atoms with E-state index in [4.69, 9.17) is 11.6 Å². The van der Waals surface area contributed by atoms with Crippen molar-refractivity contribution in [1.82, 2.24) is 10.3 Å². The van der Waals surface area contributed by atoms with Gasteiger partial charge in [-0.15, -0.1) is 0 Å². The molecule has 0 aliphatic heterocycles. The van der Waals surface area contributed by atoms with Crippen LogP contribution in [0, 0.1) is 6.92 Å². The number of nitrogens with zero attached hydrogens (tertiary/aromatic N) is 1. The minimum atomic E-state index is -0.361. The van der Waals surface area contributed by atoms with E-state index in [0.29, 0.717) is 28.4 Å². The summed E-state index contributed by atoms with van der Waals surface area (Å²) >= 11 is 6.08. The number of halogens is 1. The lowest BCUT2D eigenvalue weighted by Crippen LogP contribution is -2.23. The van der Waals surface area contributed by atoms with Crippen LogP contribution in [0.3, 0.4) is 0 Å². The van der Waals surface area contributed by atoms with Crippen LogP contribution in [0.2, 0.25) is 5.02 Å². The van der Waals surface area contributed by atoms with Crippen molar-refractivity contribution in [2.75, 3.05) is 5.32 Å². The van der Waals surface area contributed by atoms with Crippen LogP contribution in [0.25, 0.3) is 0 Å². The van der Waals surface area contributed by atoms with Crippen molar-refractivity contribution in [1.29, 1.82) is 0 Å². The molecule has 2 amide bonds. The number of carbonyl (C=O) groups excluding carboxylic acids is 2. The molecule has 27 heavy (non-hydrogen) atoms. The van der Waals surface area contributed by atoms with Crippen molar-refractivity contribution in [3.8, 4) is 0 Å². The second kappa shape index (κ2) is 8.47. The molecular weight excluding hydrogens is 362 g/mol. The molecular formula is C21H18ClN3O2. The number of pyridine rings is 1. The van der Waals surface area contributed by atoms with Crippen LogP contribution in [0.1, 0.15) is 31.8 Å². The van der Waals surface area contributed by atoms with E-state index in [0.717, 1.165) is 11.1 Å². The fourth-order valence-electron chi connectivity index (χ4n) is 2.44. The third kappa shape index (κ3) is 4.92. The molecule has 0 bridgehead atoms. The van der Waals surface area contributed by atoms with Gasteiger partial charge in [-0.05, 0) is 36.2 Å². The van der Waals surface area contributed by atoms with Gasteiger partial charge in [0.1, 0.15) is 0 Å². The molecule has 0 saturated carbocycles. The summed E-state index contributed by atoms with van der Waals surface area (Å²) in [4.78, 5) is 28.8. The zero-order chi connectivity index (χ0) is 19.2. The van der Waals surface area contributed by atoms with Gasteiger partial charge < -0.3 is 10.6 Å². The molecule has 136 valence electrons. The van der Waals surface area contributed by atoms with Gasteiger partial charge in [0.25, 0.3) is 11.8 Å². The Labute approximate surface area is 162 Å². The number of benzene rings is 2. The Hall–Kier alpha value is -3.18. The molecule has 3 rings (SSSR count). The first-order valence-electron chi connectivity index (χ1n) is 8.37. The van der Waals surface area contributed by atoms with Crippen molar-refractivity contribution in [2.24, 2.45) is 0 Å². The summed E-state index contributed by atoms with van der Waals surface area (Å²) in [6, 6.07) is 16.4. The molecule has 2 aromatic carbocycles. The number of nitrogens with one attached hydrogen (secondary N) is 2. The first kappa shape index (κ1) is 18.6. The third-order valence-electron chi connectivity index (χ3n) is 3.99. The van der Waals surface area contributed by atoms with Crippen LogP contribution in [-0.4, -0.2) is 16.8 Å². The molecule has 0 atom stereocenters. The molecule has 1 heterocycles. The number of hydrogen-bond acceptors (Lipinski definition) is 3. The van der Waals surface area contributed by atoms with E-state index in [1.54, 1.807) is 12.1 Å². The molecule has 5 nitrogen and oxygen atoms in total. The quantitative estimate of drug-likeness (QED) is 0.697. The van der Waals surface area contributed by atoms with Crippen LogP contribution < -0.4 is 10.6 Å². The van der Waals surface area contributed by atoms with E-state index in [2.05, 4.69) is 15.6 Å². The van der Waals surface area contributed by atoms with Gasteiger partial charge in [-0.3, -0.25) is 14.6 Å². The van der Waals surface area contributed by atoms with Gasteiger partial charge in [0.2, 0.25) is 0 Å². The first-order valence-corrected chi connectivity index (χ1v) is 8.75. The van der Waals surface area contributed by atoms with E-state index in [1.165, 1.54) is 18.5 Å². The van der Waals surface area contributed by atoms with Gasteiger partial charge in [-0.2, -0.15) is 0 Å². The van der Waals surface area contributed by atoms with Gasteiger partial charge in [-0.25, -0.2) is 0 Å². The fraction of sp³-hybridized carbons (Fsp3) is 0.0952. The topological polar surface area (TPSA) is 71.1 Å². The lowest BCUT2D eigenvalue weighted by atomic mass is 10.1. The normalized spacial score (nSPS) is 10.3. The maximum Gasteiger partial charge on any atom is 0.257 e. The van der Waals surface area contributed by atoms with E-state index in [9.17, 15) is 9.59 Å². The van der Waals surface area contributed by atoms with E-state index >= 15 is 0 Å². The largest absolute Gasteiger partial charge is 0.348 e. The Bertz CT molecular complexity index is 974. The molecule has 6 heteroatoms. The Morgan fingerprint density at radius 3 is 2.37 bits per heavy atom. The van der Waals surface area contributed by atoms with E-state index in [1.807, 2.05) is 43.3 Å². The number of hydrogen-bond donors (Lipinski definition) is 2. The lowest BCUT2D eigenvalue weighted by molar-refractivity contribution is 0.0950. The van der Waals surface area contributed by atoms with Gasteiger partial charge in [0, 0.05) is 29.6 Å². The number of anilines is 1. The van der Waals surface area contributed by atoms with Crippen LogP contribution in [0.4, 0.5) is 5.69 Å². The van der Waals surface area contributed by atoms with Crippen molar-refractivity contribution >= 4 is 29.1 Å². The third-order valence-corrected chi connectivity index (χ3v) is 4.40. The van der Waals surface area contributed by atoms with Crippen LogP contribution >= 0.6 is 11.6 Å². The van der Waals surface area contributed by atoms with Crippen molar-refractivity contribution in [3.05, 3.63) is 94.3 Å². The summed E-state index contributed by atoms with van der Waals surface area (Å²) < 4.78 is 0. The van der Waals surface area contributed by atoms with Crippen molar-refractivity contribution in [3.63, 3.8) is 0 Å². The Balaban J connectivity index is 1.67. The Kier molecular flexibility index (Phi) is 5.84. The van der Waals surface area contributed by atoms with Gasteiger partial charge in [0.15, 0.2) is 0 Å². The summed E-state index contributed by atoms with van der Waals surface area (Å²) in [6.07, 6.45) is 2.85. The molecule has 0 unspecified atom stereocenters. The van der Waals surface area contributed by atoms with Crippen LogP contribution in [0.5, 0.6) is 0 Å². The first-order chi connectivity index (χ1) is 13.0. The maximum absolute atomic E-state index is 12.4. The second-order valence-electron chi connectivity index (χ2n) is 6.05. The predicted molar refractivity (Wildman–Crippen MR) is 106 cm³/mol. The minimum Gasteiger partial charge on any atom is -0.348 e. The minimum absolute atomic E-state index is 0.291. The highest BCUT2D eigenvalue weighted by molar-refractivity contribution is 6.31. The smallest absolute Gasteiger partial charge is 0.257 e. The zero-order valence-corrected chi connectivity index (χ0v) is 15.5. The summed E-state index contributed by atoms with van der Waals surface area (Å²) in [5.74, 6) is -0.653. The average molecular weight is 380 g/mol. The highest BCUT2D eigenvalue weighted by Gasteiger charge is 2.12. The molecule has 0 aliphatic carbocycles. The molecule has 3 aromatic rings. The van der Waals surface area contributed by atoms with Gasteiger partial charge in [-0.1, -0.05) is 48.0 Å². The lowest BCUT2D eigenvalue weighted by Gasteiger charge is -2.08. The summed E-state index contributed by atoms with van der Waals surface area (Å²) in [7, 11) is 0. The standard InChI is InChI=1S/C21H18ClN3O2/c1-14-7-8-18(10-19(14)22)25-21(27)17-9-16(12-23-13-17)20(26)24-11-15-5-3-2-4-6-15/h2-10,12-13H,11H2,1H3,(H,24,26)(H,25,27). The molecule has 1 aromatic heterocycles. The molecule has 0 radical (unpaired) electrons. The average Bonchev–Trinajstić information content (AvgIpc) is 2.70. The summed E-state index contributed by atoms with van der Waals surface area (Å²) in [6.45, 7) is 2.29. The summed E-state index contributed by atoms with van der Waals surface area (Å²) in [5, 5.41) is 6.14. The molecule has 0 fully saturated rings. The number of rotatable bonds is 5. The number of amides is 2. The molecule has 2 N–H and O–H groups in total. The van der Waals surface area contributed by atoms with E-state index in [-0.39, 0.29) is 11.8 Å². The van der Waals surface area contributed by atoms with Crippen LogP contribution in [-0.2, 0) is 6.54 Å². The molecule has 0 spiro atoms. The van der Waals surface area contributed by atoms with Crippen molar-refractivity contribution < 1.29 is 9.59 Å². The Morgan fingerprint density at radius 2 is 1.67 bits per heavy atom. The van der Waals surface area contributed by atoms with E-state index < -0.39 is 0 Å². The van der Waals surface area contributed by atoms with Gasteiger partial charge >= 0.3 is 0 Å². The van der Waals surface area contributed by atoms with Gasteiger partial charge in [0.05, 0.1) is 11.1 Å². The Morgan fingerprint density at radius 1 is 0.963 bits per heavy atom. The number of carbonyl (C=O) groups is 2. The summed E-state index contributed by atoms with van der Waals surface area (Å²) in [5.41, 5.74) is 3.10. The highest BCUT2D eigenvalue weighted by atomic mass is 35.5. The molecule has 0 aliphatic rings. The monoisotopic (exact) mass is 379 g/mol. The maximum atomic E-state index is 12.4. The highest BCUT2D eigenvalue weighted by Crippen LogP contribution is 2.20. The van der Waals surface area contributed by atoms with Crippen LogP contribution in [0.15, 0.2) is 67.0 Å². The number of aromatic nitrogens is 1. The zero-order valence-electron chi connectivity index (χ0n) is 14.7. The van der Waals surface area contributed by atoms with Crippen molar-refractivity contribution in [2.45, 2.75) is 13.5 Å².